The van der Waals surface area contributed by atoms with Crippen molar-refractivity contribution in [3.63, 3.8) is 0 Å². The fourth-order valence-electron chi connectivity index (χ4n) is 1.51. The van der Waals surface area contributed by atoms with Gasteiger partial charge in [-0.15, -0.1) is 0 Å². The standard InChI is InChI=1S/C13H23N5O/c1-5-8-14-13-15-9-7-11(16-13)18(6-2)10-12(19)17(3)4/h7,9H,5-6,8,10H2,1-4H3,(H,14,15,16). The van der Waals surface area contributed by atoms with Crippen molar-refractivity contribution in [2.24, 2.45) is 0 Å². The Bertz CT molecular complexity index is 408. The van der Waals surface area contributed by atoms with Gasteiger partial charge in [-0.25, -0.2) is 4.98 Å². The number of nitrogens with zero attached hydrogens (tertiary/aromatic N) is 4. The molecule has 1 rings (SSSR count). The molecule has 0 aliphatic rings. The van der Waals surface area contributed by atoms with E-state index in [0.717, 1.165) is 25.3 Å². The molecule has 0 unspecified atom stereocenters. The first-order chi connectivity index (χ1) is 9.08. The number of hydrogen-bond donors (Lipinski definition) is 1. The van der Waals surface area contributed by atoms with Crippen molar-refractivity contribution in [2.75, 3.05) is 43.9 Å². The highest BCUT2D eigenvalue weighted by Gasteiger charge is 2.13. The predicted octanol–water partition coefficient (Wildman–Crippen LogP) is 1.21. The molecule has 0 fully saturated rings. The zero-order chi connectivity index (χ0) is 14.3. The summed E-state index contributed by atoms with van der Waals surface area (Å²) in [6.07, 6.45) is 2.73. The van der Waals surface area contributed by atoms with Gasteiger partial charge in [0, 0.05) is 33.4 Å². The van der Waals surface area contributed by atoms with Gasteiger partial charge >= 0.3 is 0 Å². The smallest absolute Gasteiger partial charge is 0.241 e. The van der Waals surface area contributed by atoms with E-state index in [1.807, 2.05) is 17.9 Å². The van der Waals surface area contributed by atoms with E-state index in [1.165, 1.54) is 0 Å². The zero-order valence-corrected chi connectivity index (χ0v) is 12.2. The number of nitrogens with one attached hydrogen (secondary N) is 1. The normalized spacial score (nSPS) is 10.1. The lowest BCUT2D eigenvalue weighted by Crippen LogP contribution is -2.37. The first-order valence-corrected chi connectivity index (χ1v) is 6.60. The van der Waals surface area contributed by atoms with E-state index >= 15 is 0 Å². The summed E-state index contributed by atoms with van der Waals surface area (Å²) in [6.45, 7) is 5.99. The summed E-state index contributed by atoms with van der Waals surface area (Å²) in [7, 11) is 3.51. The summed E-state index contributed by atoms with van der Waals surface area (Å²) < 4.78 is 0. The second kappa shape index (κ2) is 7.56. The Labute approximate surface area is 114 Å². The SMILES string of the molecule is CCCNc1nccc(N(CC)CC(=O)N(C)C)n1. The van der Waals surface area contributed by atoms with Gasteiger partial charge in [0.2, 0.25) is 11.9 Å². The maximum Gasteiger partial charge on any atom is 0.241 e. The summed E-state index contributed by atoms with van der Waals surface area (Å²) in [5.74, 6) is 1.44. The number of amides is 1. The molecule has 6 nitrogen and oxygen atoms in total. The highest BCUT2D eigenvalue weighted by atomic mass is 16.2. The van der Waals surface area contributed by atoms with E-state index in [4.69, 9.17) is 0 Å². The van der Waals surface area contributed by atoms with Crippen molar-refractivity contribution in [3.05, 3.63) is 12.3 Å². The fraction of sp³-hybridized carbons (Fsp3) is 0.615. The first-order valence-electron chi connectivity index (χ1n) is 6.60. The van der Waals surface area contributed by atoms with Gasteiger partial charge in [0.1, 0.15) is 5.82 Å². The quantitative estimate of drug-likeness (QED) is 0.803. The van der Waals surface area contributed by atoms with Crippen LogP contribution in [0.15, 0.2) is 12.3 Å². The lowest BCUT2D eigenvalue weighted by molar-refractivity contribution is -0.127. The van der Waals surface area contributed by atoms with E-state index < -0.39 is 0 Å². The minimum atomic E-state index is 0.0588. The second-order valence-electron chi connectivity index (χ2n) is 4.47. The van der Waals surface area contributed by atoms with Gasteiger partial charge in [0.15, 0.2) is 0 Å². The van der Waals surface area contributed by atoms with E-state index in [2.05, 4.69) is 22.2 Å². The summed E-state index contributed by atoms with van der Waals surface area (Å²) in [5.41, 5.74) is 0. The third kappa shape index (κ3) is 4.73. The Hall–Kier alpha value is -1.85. The van der Waals surface area contributed by atoms with Crippen molar-refractivity contribution in [1.82, 2.24) is 14.9 Å². The molecule has 0 bridgehead atoms. The van der Waals surface area contributed by atoms with Crippen LogP contribution in [0.25, 0.3) is 0 Å². The Morgan fingerprint density at radius 3 is 2.68 bits per heavy atom. The number of aromatic nitrogens is 2. The summed E-state index contributed by atoms with van der Waals surface area (Å²) in [5, 5.41) is 3.15. The van der Waals surface area contributed by atoms with Crippen LogP contribution in [0.1, 0.15) is 20.3 Å². The molecule has 0 aromatic carbocycles. The average Bonchev–Trinajstić information content (AvgIpc) is 2.42. The Morgan fingerprint density at radius 2 is 2.11 bits per heavy atom. The maximum atomic E-state index is 11.8. The van der Waals surface area contributed by atoms with Gasteiger partial charge in [0.25, 0.3) is 0 Å². The topological polar surface area (TPSA) is 61.4 Å². The van der Waals surface area contributed by atoms with Crippen molar-refractivity contribution in [3.8, 4) is 0 Å². The highest BCUT2D eigenvalue weighted by Crippen LogP contribution is 2.12. The predicted molar refractivity (Wildman–Crippen MR) is 77.4 cm³/mol. The second-order valence-corrected chi connectivity index (χ2v) is 4.47. The van der Waals surface area contributed by atoms with Crippen LogP contribution >= 0.6 is 0 Å². The molecular formula is C13H23N5O. The molecule has 0 aliphatic carbocycles. The summed E-state index contributed by atoms with van der Waals surface area (Å²) >= 11 is 0. The van der Waals surface area contributed by atoms with Gasteiger partial charge in [-0.05, 0) is 19.4 Å². The number of likely N-dealkylation sites (N-methyl/N-ethyl adjacent to an activating group) is 2. The summed E-state index contributed by atoms with van der Waals surface area (Å²) in [4.78, 5) is 23.9. The molecule has 1 aromatic heterocycles. The number of hydrogen-bond acceptors (Lipinski definition) is 5. The van der Waals surface area contributed by atoms with Crippen LogP contribution in [0.4, 0.5) is 11.8 Å². The monoisotopic (exact) mass is 265 g/mol. The molecule has 0 saturated heterocycles. The molecule has 6 heteroatoms. The van der Waals surface area contributed by atoms with Crippen LogP contribution in [0.5, 0.6) is 0 Å². The molecule has 1 aromatic rings. The lowest BCUT2D eigenvalue weighted by Gasteiger charge is -2.23. The van der Waals surface area contributed by atoms with E-state index in [-0.39, 0.29) is 5.91 Å². The Morgan fingerprint density at radius 1 is 1.37 bits per heavy atom. The number of carbonyl (C=O) groups excluding carboxylic acids is 1. The number of anilines is 2. The Kier molecular flexibility index (Phi) is 6.05. The maximum absolute atomic E-state index is 11.8. The summed E-state index contributed by atoms with van der Waals surface area (Å²) in [6, 6.07) is 1.82. The number of rotatable bonds is 7. The molecule has 0 radical (unpaired) electrons. The van der Waals surface area contributed by atoms with Crippen LogP contribution in [0, 0.1) is 0 Å². The van der Waals surface area contributed by atoms with Crippen molar-refractivity contribution >= 4 is 17.7 Å². The molecule has 0 aliphatic heterocycles. The molecule has 0 spiro atoms. The third-order valence-corrected chi connectivity index (χ3v) is 2.70. The molecule has 106 valence electrons. The minimum absolute atomic E-state index is 0.0588. The largest absolute Gasteiger partial charge is 0.354 e. The van der Waals surface area contributed by atoms with Crippen molar-refractivity contribution in [2.45, 2.75) is 20.3 Å². The van der Waals surface area contributed by atoms with Gasteiger partial charge in [-0.1, -0.05) is 6.92 Å². The molecule has 1 heterocycles. The first kappa shape index (κ1) is 15.2. The molecule has 0 atom stereocenters. The Balaban J connectivity index is 2.77. The van der Waals surface area contributed by atoms with Gasteiger partial charge < -0.3 is 15.1 Å². The third-order valence-electron chi connectivity index (χ3n) is 2.70. The lowest BCUT2D eigenvalue weighted by atomic mass is 10.4. The van der Waals surface area contributed by atoms with Crippen molar-refractivity contribution < 1.29 is 4.79 Å². The van der Waals surface area contributed by atoms with E-state index in [0.29, 0.717) is 12.5 Å². The highest BCUT2D eigenvalue weighted by molar-refractivity contribution is 5.80. The van der Waals surface area contributed by atoms with Gasteiger partial charge in [-0.3, -0.25) is 4.79 Å². The minimum Gasteiger partial charge on any atom is -0.354 e. The zero-order valence-electron chi connectivity index (χ0n) is 12.2. The van der Waals surface area contributed by atoms with Crippen LogP contribution in [0.3, 0.4) is 0 Å². The van der Waals surface area contributed by atoms with Gasteiger partial charge in [-0.2, -0.15) is 4.98 Å². The fourth-order valence-corrected chi connectivity index (χ4v) is 1.51. The van der Waals surface area contributed by atoms with Crippen LogP contribution in [-0.2, 0) is 4.79 Å². The molecule has 1 N–H and O–H groups in total. The van der Waals surface area contributed by atoms with Gasteiger partial charge in [0.05, 0.1) is 6.54 Å². The van der Waals surface area contributed by atoms with Crippen molar-refractivity contribution in [1.29, 1.82) is 0 Å². The van der Waals surface area contributed by atoms with Crippen LogP contribution in [0.2, 0.25) is 0 Å². The molecular weight excluding hydrogens is 242 g/mol. The molecule has 1 amide bonds. The molecule has 0 saturated carbocycles. The van der Waals surface area contributed by atoms with Crippen LogP contribution in [-0.4, -0.2) is 54.5 Å². The van der Waals surface area contributed by atoms with E-state index in [1.54, 1.807) is 25.2 Å². The molecule has 19 heavy (non-hydrogen) atoms. The average molecular weight is 265 g/mol. The van der Waals surface area contributed by atoms with E-state index in [9.17, 15) is 4.79 Å². The number of carbonyl (C=O) groups is 1. The van der Waals surface area contributed by atoms with Crippen LogP contribution < -0.4 is 10.2 Å².